The number of nitrogens with one attached hydrogen (secondary N) is 1. The van der Waals surface area contributed by atoms with Gasteiger partial charge >= 0.3 is 0 Å². The minimum Gasteiger partial charge on any atom is -0.329 e. The maximum absolute atomic E-state index is 12.3. The smallest absolute Gasteiger partial charge is 0.231 e. The molecule has 0 aromatic heterocycles. The first-order valence-electron chi connectivity index (χ1n) is 5.93. The first-order chi connectivity index (χ1) is 8.16. The van der Waals surface area contributed by atoms with Gasteiger partial charge in [-0.1, -0.05) is 34.8 Å². The van der Waals surface area contributed by atoms with Gasteiger partial charge in [-0.2, -0.15) is 0 Å². The molecule has 1 aliphatic carbocycles. The molecule has 5 heteroatoms. The van der Waals surface area contributed by atoms with Gasteiger partial charge in [0.05, 0.1) is 5.41 Å². The van der Waals surface area contributed by atoms with Gasteiger partial charge in [0.25, 0.3) is 0 Å². The number of hydrogen-bond donors (Lipinski definition) is 2. The summed E-state index contributed by atoms with van der Waals surface area (Å²) in [6.07, 6.45) is 4.01. The van der Waals surface area contributed by atoms with E-state index in [1.807, 2.05) is 24.3 Å². The van der Waals surface area contributed by atoms with Crippen molar-refractivity contribution in [2.45, 2.75) is 25.7 Å². The summed E-state index contributed by atoms with van der Waals surface area (Å²) >= 11 is 3.39. The van der Waals surface area contributed by atoms with Crippen LogP contribution in [0.4, 0.5) is 5.69 Å². The quantitative estimate of drug-likeness (QED) is 0.891. The first-order valence-corrected chi connectivity index (χ1v) is 6.73. The highest BCUT2D eigenvalue weighted by Crippen LogP contribution is 2.38. The Morgan fingerprint density at radius 1 is 1.39 bits per heavy atom. The molecule has 1 amide bonds. The topological polar surface area (TPSA) is 55.1 Å². The summed E-state index contributed by atoms with van der Waals surface area (Å²) in [6, 6.07) is 7.63. The Labute approximate surface area is 122 Å². The number of nitrogens with two attached hydrogens (primary N) is 1. The van der Waals surface area contributed by atoms with Crippen molar-refractivity contribution in [1.29, 1.82) is 0 Å². The third-order valence-corrected chi connectivity index (χ3v) is 4.01. The summed E-state index contributed by atoms with van der Waals surface area (Å²) in [4.78, 5) is 12.3. The average molecular weight is 334 g/mol. The van der Waals surface area contributed by atoms with Crippen LogP contribution in [0.15, 0.2) is 28.7 Å². The van der Waals surface area contributed by atoms with E-state index < -0.39 is 0 Å². The van der Waals surface area contributed by atoms with Gasteiger partial charge in [0, 0.05) is 16.7 Å². The second kappa shape index (κ2) is 6.55. The summed E-state index contributed by atoms with van der Waals surface area (Å²) in [7, 11) is 0. The van der Waals surface area contributed by atoms with E-state index in [0.29, 0.717) is 6.54 Å². The lowest BCUT2D eigenvalue weighted by Gasteiger charge is -2.25. The van der Waals surface area contributed by atoms with Gasteiger partial charge in [0.1, 0.15) is 0 Å². The van der Waals surface area contributed by atoms with E-state index in [2.05, 4.69) is 21.2 Å². The third-order valence-electron chi connectivity index (χ3n) is 3.52. The minimum absolute atomic E-state index is 0. The Bertz CT molecular complexity index is 419. The monoisotopic (exact) mass is 332 g/mol. The van der Waals surface area contributed by atoms with E-state index in [0.717, 1.165) is 35.8 Å². The molecular formula is C13H18BrClN2O. The normalized spacial score (nSPS) is 17.0. The lowest BCUT2D eigenvalue weighted by Crippen LogP contribution is -2.40. The second-order valence-electron chi connectivity index (χ2n) is 4.66. The standard InChI is InChI=1S/C13H17BrN2O.ClH/c14-10-4-3-5-11(8-10)16-12(17)13(9-15)6-1-2-7-13;/h3-5,8H,1-2,6-7,9,15H2,(H,16,17);1H. The number of halogens is 2. The molecule has 0 aliphatic heterocycles. The number of carbonyl (C=O) groups is 1. The zero-order valence-corrected chi connectivity index (χ0v) is 12.5. The molecule has 18 heavy (non-hydrogen) atoms. The van der Waals surface area contributed by atoms with Crippen LogP contribution in [0.25, 0.3) is 0 Å². The fourth-order valence-electron chi connectivity index (χ4n) is 2.41. The molecule has 100 valence electrons. The van der Waals surface area contributed by atoms with Crippen LogP contribution in [0, 0.1) is 5.41 Å². The largest absolute Gasteiger partial charge is 0.329 e. The van der Waals surface area contributed by atoms with Gasteiger partial charge < -0.3 is 11.1 Å². The lowest BCUT2D eigenvalue weighted by atomic mass is 9.85. The molecule has 0 spiro atoms. The Hall–Kier alpha value is -0.580. The Morgan fingerprint density at radius 3 is 2.61 bits per heavy atom. The zero-order chi connectivity index (χ0) is 12.3. The molecule has 3 N–H and O–H groups in total. The number of benzene rings is 1. The molecule has 0 atom stereocenters. The Kier molecular flexibility index (Phi) is 5.63. The number of anilines is 1. The summed E-state index contributed by atoms with van der Waals surface area (Å²) in [5, 5.41) is 2.97. The predicted octanol–water partition coefficient (Wildman–Crippen LogP) is 3.33. The Balaban J connectivity index is 0.00000162. The Morgan fingerprint density at radius 2 is 2.06 bits per heavy atom. The van der Waals surface area contributed by atoms with Crippen molar-refractivity contribution in [3.8, 4) is 0 Å². The highest BCUT2D eigenvalue weighted by Gasteiger charge is 2.39. The second-order valence-corrected chi connectivity index (χ2v) is 5.57. The van der Waals surface area contributed by atoms with Crippen LogP contribution < -0.4 is 11.1 Å². The van der Waals surface area contributed by atoms with Crippen LogP contribution in [0.5, 0.6) is 0 Å². The van der Waals surface area contributed by atoms with Crippen LogP contribution in [0.2, 0.25) is 0 Å². The highest BCUT2D eigenvalue weighted by atomic mass is 79.9. The maximum atomic E-state index is 12.3. The van der Waals surface area contributed by atoms with Crippen LogP contribution >= 0.6 is 28.3 Å². The van der Waals surface area contributed by atoms with E-state index in [-0.39, 0.29) is 23.7 Å². The van der Waals surface area contributed by atoms with E-state index in [9.17, 15) is 4.79 Å². The molecular weight excluding hydrogens is 316 g/mol. The van der Waals surface area contributed by atoms with E-state index in [1.165, 1.54) is 0 Å². The van der Waals surface area contributed by atoms with Crippen molar-refractivity contribution in [1.82, 2.24) is 0 Å². The van der Waals surface area contributed by atoms with Crippen LogP contribution in [-0.2, 0) is 4.79 Å². The van der Waals surface area contributed by atoms with Crippen molar-refractivity contribution >= 4 is 39.9 Å². The number of hydrogen-bond acceptors (Lipinski definition) is 2. The molecule has 1 fully saturated rings. The molecule has 1 aromatic rings. The molecule has 0 heterocycles. The van der Waals surface area contributed by atoms with Crippen molar-refractivity contribution in [3.63, 3.8) is 0 Å². The van der Waals surface area contributed by atoms with E-state index in [1.54, 1.807) is 0 Å². The minimum atomic E-state index is -0.345. The van der Waals surface area contributed by atoms with Crippen molar-refractivity contribution in [2.75, 3.05) is 11.9 Å². The van der Waals surface area contributed by atoms with Crippen LogP contribution in [0.3, 0.4) is 0 Å². The number of carbonyl (C=O) groups excluding carboxylic acids is 1. The lowest BCUT2D eigenvalue weighted by molar-refractivity contribution is -0.124. The zero-order valence-electron chi connectivity index (χ0n) is 10.1. The van der Waals surface area contributed by atoms with Gasteiger partial charge in [-0.3, -0.25) is 4.79 Å². The fraction of sp³-hybridized carbons (Fsp3) is 0.462. The maximum Gasteiger partial charge on any atom is 0.231 e. The predicted molar refractivity (Wildman–Crippen MR) is 80.0 cm³/mol. The molecule has 1 aliphatic rings. The van der Waals surface area contributed by atoms with Gasteiger partial charge in [-0.25, -0.2) is 0 Å². The third kappa shape index (κ3) is 3.25. The molecule has 0 radical (unpaired) electrons. The van der Waals surface area contributed by atoms with Gasteiger partial charge in [-0.05, 0) is 31.0 Å². The summed E-state index contributed by atoms with van der Waals surface area (Å²) in [6.45, 7) is 0.437. The van der Waals surface area contributed by atoms with Crippen LogP contribution in [0.1, 0.15) is 25.7 Å². The number of rotatable bonds is 3. The average Bonchev–Trinajstić information content (AvgIpc) is 2.78. The van der Waals surface area contributed by atoms with Crippen molar-refractivity contribution < 1.29 is 4.79 Å². The summed E-state index contributed by atoms with van der Waals surface area (Å²) in [5.41, 5.74) is 6.26. The van der Waals surface area contributed by atoms with Crippen molar-refractivity contribution in [2.24, 2.45) is 11.1 Å². The van der Waals surface area contributed by atoms with Gasteiger partial charge in [0.15, 0.2) is 0 Å². The number of amides is 1. The van der Waals surface area contributed by atoms with E-state index in [4.69, 9.17) is 5.73 Å². The van der Waals surface area contributed by atoms with Gasteiger partial charge in [-0.15, -0.1) is 12.4 Å². The fourth-order valence-corrected chi connectivity index (χ4v) is 2.80. The molecule has 3 nitrogen and oxygen atoms in total. The van der Waals surface area contributed by atoms with Crippen LogP contribution in [-0.4, -0.2) is 12.5 Å². The van der Waals surface area contributed by atoms with Crippen molar-refractivity contribution in [3.05, 3.63) is 28.7 Å². The molecule has 1 aromatic carbocycles. The molecule has 0 saturated heterocycles. The molecule has 2 rings (SSSR count). The van der Waals surface area contributed by atoms with E-state index >= 15 is 0 Å². The highest BCUT2D eigenvalue weighted by molar-refractivity contribution is 9.10. The first kappa shape index (κ1) is 15.5. The van der Waals surface area contributed by atoms with Gasteiger partial charge in [0.2, 0.25) is 5.91 Å². The summed E-state index contributed by atoms with van der Waals surface area (Å²) < 4.78 is 0.962. The molecule has 0 bridgehead atoms. The molecule has 0 unspecified atom stereocenters. The molecule has 1 saturated carbocycles. The SMILES string of the molecule is Cl.NCC1(C(=O)Nc2cccc(Br)c2)CCCC1. The summed E-state index contributed by atoms with van der Waals surface area (Å²) in [5.74, 6) is 0.0654.